The number of hydrogen-bond acceptors (Lipinski definition) is 7. The normalized spacial score (nSPS) is 17.8. The van der Waals surface area contributed by atoms with Crippen molar-refractivity contribution in [3.63, 3.8) is 0 Å². The van der Waals surface area contributed by atoms with Gasteiger partial charge < -0.3 is 32.1 Å². The van der Waals surface area contributed by atoms with Crippen LogP contribution in [-0.4, -0.2) is 82.3 Å². The number of likely N-dealkylation sites (tertiary alicyclic amines) is 1. The fourth-order valence-electron chi connectivity index (χ4n) is 3.91. The van der Waals surface area contributed by atoms with Gasteiger partial charge in [-0.3, -0.25) is 19.2 Å². The number of aliphatic carboxylic acids is 1. The van der Waals surface area contributed by atoms with Crippen LogP contribution in [0.3, 0.4) is 0 Å². The number of nitrogens with one attached hydrogen (secondary N) is 2. The highest BCUT2D eigenvalue weighted by atomic mass is 32.2. The summed E-state index contributed by atoms with van der Waals surface area (Å²) in [6, 6.07) is 4.82. The van der Waals surface area contributed by atoms with Crippen LogP contribution in [0.15, 0.2) is 30.3 Å². The maximum Gasteiger partial charge on any atom is 0.326 e. The Morgan fingerprint density at radius 1 is 1.14 bits per heavy atom. The van der Waals surface area contributed by atoms with Crippen LogP contribution in [0.5, 0.6) is 0 Å². The average molecular weight is 508 g/mol. The fourth-order valence-corrected chi connectivity index (χ4v) is 4.38. The highest BCUT2D eigenvalue weighted by Crippen LogP contribution is 2.19. The molecule has 12 heteroatoms. The van der Waals surface area contributed by atoms with Crippen molar-refractivity contribution in [3.05, 3.63) is 35.9 Å². The number of carbonyl (C=O) groups is 5. The molecule has 1 heterocycles. The van der Waals surface area contributed by atoms with Crippen LogP contribution >= 0.6 is 11.8 Å². The van der Waals surface area contributed by atoms with E-state index in [0.717, 1.165) is 5.56 Å². The largest absolute Gasteiger partial charge is 0.480 e. The minimum atomic E-state index is -1.16. The summed E-state index contributed by atoms with van der Waals surface area (Å²) in [6.07, 6.45) is 2.79. The second-order valence-corrected chi connectivity index (χ2v) is 9.38. The van der Waals surface area contributed by atoms with E-state index in [9.17, 15) is 29.1 Å². The third-order valence-corrected chi connectivity index (χ3v) is 6.36. The van der Waals surface area contributed by atoms with Gasteiger partial charge in [-0.1, -0.05) is 30.3 Å². The highest BCUT2D eigenvalue weighted by Gasteiger charge is 2.38. The van der Waals surface area contributed by atoms with E-state index in [4.69, 9.17) is 11.5 Å². The van der Waals surface area contributed by atoms with Crippen molar-refractivity contribution in [2.24, 2.45) is 11.5 Å². The van der Waals surface area contributed by atoms with E-state index in [-0.39, 0.29) is 25.8 Å². The molecule has 1 aromatic carbocycles. The Labute approximate surface area is 208 Å². The lowest BCUT2D eigenvalue weighted by molar-refractivity contribution is -0.143. The van der Waals surface area contributed by atoms with Crippen molar-refractivity contribution < 1.29 is 29.1 Å². The van der Waals surface area contributed by atoms with Crippen molar-refractivity contribution in [3.8, 4) is 0 Å². The van der Waals surface area contributed by atoms with Crippen molar-refractivity contribution in [1.82, 2.24) is 15.5 Å². The molecule has 0 aliphatic carbocycles. The summed E-state index contributed by atoms with van der Waals surface area (Å²) in [7, 11) is 0. The molecule has 1 aromatic rings. The molecule has 2 rings (SSSR count). The monoisotopic (exact) mass is 507 g/mol. The molecule has 0 radical (unpaired) electrons. The number of carbonyl (C=O) groups excluding carboxylic acids is 4. The van der Waals surface area contributed by atoms with Gasteiger partial charge in [-0.25, -0.2) is 4.79 Å². The van der Waals surface area contributed by atoms with Crippen LogP contribution in [0.25, 0.3) is 0 Å². The zero-order valence-corrected chi connectivity index (χ0v) is 20.5. The second kappa shape index (κ2) is 13.7. The van der Waals surface area contributed by atoms with E-state index in [2.05, 4.69) is 10.6 Å². The van der Waals surface area contributed by atoms with Gasteiger partial charge in [-0.15, -0.1) is 0 Å². The van der Waals surface area contributed by atoms with E-state index >= 15 is 0 Å². The van der Waals surface area contributed by atoms with Crippen LogP contribution in [0.1, 0.15) is 31.2 Å². The molecular weight excluding hydrogens is 474 g/mol. The van der Waals surface area contributed by atoms with Gasteiger partial charge in [0.25, 0.3) is 0 Å². The molecule has 1 fully saturated rings. The van der Waals surface area contributed by atoms with E-state index < -0.39 is 53.8 Å². The Morgan fingerprint density at radius 3 is 2.43 bits per heavy atom. The second-order valence-electron chi connectivity index (χ2n) is 8.40. The summed E-state index contributed by atoms with van der Waals surface area (Å²) in [6.45, 7) is 0.286. The van der Waals surface area contributed by atoms with Gasteiger partial charge in [-0.05, 0) is 36.8 Å². The summed E-state index contributed by atoms with van der Waals surface area (Å²) in [5, 5.41) is 14.7. The number of hydrogen-bond donors (Lipinski definition) is 5. The standard InChI is InChI=1S/C23H33N5O6S/c1-35-11-9-16(23(33)34)26-20(30)17(12-14-6-3-2-4-7-14)27-21(31)18-8-5-10-28(18)22(32)15(24)13-19(25)29/h2-4,6-7,15-18H,5,8-13,24H2,1H3,(H2,25,29)(H,26,30)(H,27,31)(H,33,34). The minimum Gasteiger partial charge on any atom is -0.480 e. The predicted octanol–water partition coefficient (Wildman–Crippen LogP) is -0.770. The van der Waals surface area contributed by atoms with Crippen molar-refractivity contribution in [2.75, 3.05) is 18.6 Å². The van der Waals surface area contributed by atoms with Crippen molar-refractivity contribution in [1.29, 1.82) is 0 Å². The van der Waals surface area contributed by atoms with Gasteiger partial charge in [0.15, 0.2) is 0 Å². The molecule has 4 unspecified atom stereocenters. The number of nitrogens with zero attached hydrogens (tertiary/aromatic N) is 1. The van der Waals surface area contributed by atoms with E-state index in [1.807, 2.05) is 12.3 Å². The maximum absolute atomic E-state index is 13.2. The molecule has 4 atom stereocenters. The molecule has 1 aliphatic heterocycles. The Hall–Kier alpha value is -3.12. The number of rotatable bonds is 13. The molecule has 1 saturated heterocycles. The Bertz CT molecular complexity index is 915. The quantitative estimate of drug-likeness (QED) is 0.230. The first-order chi connectivity index (χ1) is 16.6. The van der Waals surface area contributed by atoms with Gasteiger partial charge >= 0.3 is 5.97 Å². The summed E-state index contributed by atoms with van der Waals surface area (Å²) < 4.78 is 0. The molecule has 7 N–H and O–H groups in total. The SMILES string of the molecule is CSCCC(NC(=O)C(Cc1ccccc1)NC(=O)C1CCCN1C(=O)C(N)CC(N)=O)C(=O)O. The van der Waals surface area contributed by atoms with Crippen LogP contribution in [-0.2, 0) is 30.4 Å². The van der Waals surface area contributed by atoms with Crippen molar-refractivity contribution in [2.45, 2.75) is 56.3 Å². The number of benzene rings is 1. The number of carboxylic acid groups (broad SMARTS) is 1. The molecule has 4 amide bonds. The first-order valence-electron chi connectivity index (χ1n) is 11.3. The van der Waals surface area contributed by atoms with Crippen molar-refractivity contribution >= 4 is 41.4 Å². The summed E-state index contributed by atoms with van der Waals surface area (Å²) >= 11 is 1.46. The van der Waals surface area contributed by atoms with Crippen LogP contribution in [0.4, 0.5) is 0 Å². The third kappa shape index (κ3) is 8.55. The molecule has 1 aliphatic rings. The highest BCUT2D eigenvalue weighted by molar-refractivity contribution is 7.98. The molecule has 0 spiro atoms. The molecule has 11 nitrogen and oxygen atoms in total. The van der Waals surface area contributed by atoms with Crippen LogP contribution in [0, 0.1) is 0 Å². The average Bonchev–Trinajstić information content (AvgIpc) is 3.30. The van der Waals surface area contributed by atoms with Gasteiger partial charge in [0.05, 0.1) is 12.5 Å². The zero-order chi connectivity index (χ0) is 26.0. The van der Waals surface area contributed by atoms with Gasteiger partial charge in [0.2, 0.25) is 23.6 Å². The smallest absolute Gasteiger partial charge is 0.326 e. The van der Waals surface area contributed by atoms with Crippen LogP contribution in [0.2, 0.25) is 0 Å². The molecule has 35 heavy (non-hydrogen) atoms. The molecule has 192 valence electrons. The number of nitrogens with two attached hydrogens (primary N) is 2. The summed E-state index contributed by atoms with van der Waals surface area (Å²) in [5.74, 6) is -3.08. The number of thioether (sulfide) groups is 1. The summed E-state index contributed by atoms with van der Waals surface area (Å²) in [4.78, 5) is 63.0. The maximum atomic E-state index is 13.2. The lowest BCUT2D eigenvalue weighted by Crippen LogP contribution is -2.57. The molecule has 0 aromatic heterocycles. The lowest BCUT2D eigenvalue weighted by atomic mass is 10.0. The molecule has 0 bridgehead atoms. The predicted molar refractivity (Wildman–Crippen MR) is 131 cm³/mol. The van der Waals surface area contributed by atoms with Crippen LogP contribution < -0.4 is 22.1 Å². The molecule has 0 saturated carbocycles. The topological polar surface area (TPSA) is 185 Å². The Kier molecular flexibility index (Phi) is 11.0. The first-order valence-corrected chi connectivity index (χ1v) is 12.7. The van der Waals surface area contributed by atoms with E-state index in [1.54, 1.807) is 24.3 Å². The number of amides is 4. The molecular formula is C23H33N5O6S. The van der Waals surface area contributed by atoms with Gasteiger partial charge in [0.1, 0.15) is 18.1 Å². The third-order valence-electron chi connectivity index (χ3n) is 5.72. The number of primary amides is 1. The Morgan fingerprint density at radius 2 is 1.83 bits per heavy atom. The van der Waals surface area contributed by atoms with Gasteiger partial charge in [0, 0.05) is 13.0 Å². The summed E-state index contributed by atoms with van der Waals surface area (Å²) in [5.41, 5.74) is 11.7. The minimum absolute atomic E-state index is 0.134. The Balaban J connectivity index is 2.17. The van der Waals surface area contributed by atoms with Gasteiger partial charge in [-0.2, -0.15) is 11.8 Å². The lowest BCUT2D eigenvalue weighted by Gasteiger charge is -2.28. The van der Waals surface area contributed by atoms with E-state index in [0.29, 0.717) is 18.6 Å². The van der Waals surface area contributed by atoms with E-state index in [1.165, 1.54) is 16.7 Å². The number of carboxylic acids is 1. The zero-order valence-electron chi connectivity index (χ0n) is 19.6. The fraction of sp³-hybridized carbons (Fsp3) is 0.522. The first kappa shape index (κ1) is 28.1.